The van der Waals surface area contributed by atoms with Crippen LogP contribution in [0.3, 0.4) is 0 Å². The number of aldehydes is 1. The molecule has 0 amide bonds. The quantitative estimate of drug-likeness (QED) is 0.684. The summed E-state index contributed by atoms with van der Waals surface area (Å²) in [6.45, 7) is 1.98. The second-order valence-corrected chi connectivity index (χ2v) is 4.58. The van der Waals surface area contributed by atoms with Crippen LogP contribution in [0.2, 0.25) is 0 Å². The maximum Gasteiger partial charge on any atom is 0.170 e. The molecule has 0 aliphatic carbocycles. The zero-order chi connectivity index (χ0) is 14.1. The first-order valence-electron chi connectivity index (χ1n) is 6.32. The molecule has 4 heteroatoms. The second-order valence-electron chi connectivity index (χ2n) is 4.58. The zero-order valence-corrected chi connectivity index (χ0v) is 11.3. The van der Waals surface area contributed by atoms with Crippen LogP contribution in [0, 0.1) is 6.92 Å². The van der Waals surface area contributed by atoms with Crippen LogP contribution >= 0.6 is 0 Å². The number of benzene rings is 1. The summed E-state index contributed by atoms with van der Waals surface area (Å²) in [4.78, 5) is 15.6. The molecule has 4 nitrogen and oxygen atoms in total. The monoisotopic (exact) mass is 266 g/mol. The predicted molar refractivity (Wildman–Crippen MR) is 77.3 cm³/mol. The Morgan fingerprint density at radius 1 is 1.25 bits per heavy atom. The molecule has 0 N–H and O–H groups in total. The van der Waals surface area contributed by atoms with Crippen molar-refractivity contribution in [1.29, 1.82) is 0 Å². The number of carbonyl (C=O) groups excluding carboxylic acids is 1. The van der Waals surface area contributed by atoms with Crippen molar-refractivity contribution < 1.29 is 9.53 Å². The number of aromatic nitrogens is 2. The van der Waals surface area contributed by atoms with Crippen LogP contribution in [0.5, 0.6) is 5.75 Å². The Morgan fingerprint density at radius 3 is 2.80 bits per heavy atom. The zero-order valence-electron chi connectivity index (χ0n) is 11.3. The summed E-state index contributed by atoms with van der Waals surface area (Å²) in [5.74, 6) is 1.60. The second kappa shape index (κ2) is 4.81. The summed E-state index contributed by atoms with van der Waals surface area (Å²) in [5, 5.41) is 0. The molecular formula is C16H14N2O2. The van der Waals surface area contributed by atoms with Crippen LogP contribution in [0.25, 0.3) is 16.9 Å². The molecule has 2 aromatic heterocycles. The number of ether oxygens (including phenoxy) is 1. The molecule has 3 rings (SSSR count). The molecule has 3 aromatic rings. The Hall–Kier alpha value is -2.62. The van der Waals surface area contributed by atoms with E-state index < -0.39 is 0 Å². The van der Waals surface area contributed by atoms with Crippen LogP contribution in [-0.4, -0.2) is 22.8 Å². The lowest BCUT2D eigenvalue weighted by Crippen LogP contribution is -1.91. The highest BCUT2D eigenvalue weighted by molar-refractivity contribution is 5.86. The van der Waals surface area contributed by atoms with E-state index in [4.69, 9.17) is 4.74 Å². The van der Waals surface area contributed by atoms with Gasteiger partial charge in [0.15, 0.2) is 6.29 Å². The Balaban J connectivity index is 2.24. The molecule has 20 heavy (non-hydrogen) atoms. The van der Waals surface area contributed by atoms with E-state index in [9.17, 15) is 4.79 Å². The minimum Gasteiger partial charge on any atom is -0.496 e. The van der Waals surface area contributed by atoms with Crippen LogP contribution in [0.1, 0.15) is 16.1 Å². The number of imidazole rings is 1. The van der Waals surface area contributed by atoms with Gasteiger partial charge in [-0.2, -0.15) is 0 Å². The molecule has 0 saturated carbocycles. The largest absolute Gasteiger partial charge is 0.496 e. The van der Waals surface area contributed by atoms with Crippen LogP contribution in [-0.2, 0) is 0 Å². The third kappa shape index (κ3) is 1.86. The number of rotatable bonds is 3. The van der Waals surface area contributed by atoms with E-state index in [2.05, 4.69) is 4.98 Å². The molecular weight excluding hydrogens is 252 g/mol. The van der Waals surface area contributed by atoms with Gasteiger partial charge in [-0.05, 0) is 42.8 Å². The minimum absolute atomic E-state index is 0.453. The van der Waals surface area contributed by atoms with Gasteiger partial charge in [0.25, 0.3) is 0 Å². The molecule has 0 saturated heterocycles. The number of carbonyl (C=O) groups is 1. The Bertz CT molecular complexity index is 790. The van der Waals surface area contributed by atoms with E-state index in [0.717, 1.165) is 34.5 Å². The molecule has 0 aliphatic rings. The molecule has 100 valence electrons. The number of pyridine rings is 1. The van der Waals surface area contributed by atoms with E-state index in [1.54, 1.807) is 7.11 Å². The van der Waals surface area contributed by atoms with E-state index in [-0.39, 0.29) is 0 Å². The van der Waals surface area contributed by atoms with Gasteiger partial charge in [0.2, 0.25) is 0 Å². The molecule has 0 fully saturated rings. The predicted octanol–water partition coefficient (Wildman–Crippen LogP) is 3.13. The van der Waals surface area contributed by atoms with Crippen LogP contribution in [0.15, 0.2) is 42.6 Å². The fraction of sp³-hybridized carbons (Fsp3) is 0.125. The van der Waals surface area contributed by atoms with Gasteiger partial charge in [0.1, 0.15) is 17.3 Å². The van der Waals surface area contributed by atoms with Gasteiger partial charge in [0, 0.05) is 11.8 Å². The topological polar surface area (TPSA) is 43.6 Å². The number of aryl methyl sites for hydroxylation is 1. The lowest BCUT2D eigenvalue weighted by atomic mass is 10.1. The molecule has 0 bridgehead atoms. The van der Waals surface area contributed by atoms with E-state index in [1.165, 1.54) is 0 Å². The Kier molecular flexibility index (Phi) is 2.99. The van der Waals surface area contributed by atoms with Gasteiger partial charge in [-0.1, -0.05) is 6.07 Å². The van der Waals surface area contributed by atoms with Crippen molar-refractivity contribution in [3.63, 3.8) is 0 Å². The van der Waals surface area contributed by atoms with Gasteiger partial charge >= 0.3 is 0 Å². The Labute approximate surface area is 116 Å². The van der Waals surface area contributed by atoms with Gasteiger partial charge < -0.3 is 4.74 Å². The Morgan fingerprint density at radius 2 is 2.10 bits per heavy atom. The number of nitrogens with zero attached hydrogens (tertiary/aromatic N) is 2. The van der Waals surface area contributed by atoms with Gasteiger partial charge in [0.05, 0.1) is 12.6 Å². The fourth-order valence-electron chi connectivity index (χ4n) is 2.37. The molecule has 0 aliphatic heterocycles. The molecule has 2 heterocycles. The van der Waals surface area contributed by atoms with Gasteiger partial charge in [-0.25, -0.2) is 4.98 Å². The smallest absolute Gasteiger partial charge is 0.170 e. The summed E-state index contributed by atoms with van der Waals surface area (Å²) in [7, 11) is 1.65. The van der Waals surface area contributed by atoms with E-state index >= 15 is 0 Å². The molecule has 0 spiro atoms. The van der Waals surface area contributed by atoms with Crippen molar-refractivity contribution in [3.05, 3.63) is 53.9 Å². The van der Waals surface area contributed by atoms with Crippen molar-refractivity contribution in [3.8, 4) is 17.1 Å². The highest BCUT2D eigenvalue weighted by Gasteiger charge is 2.12. The first-order chi connectivity index (χ1) is 9.74. The number of fused-ring (bicyclic) bond motifs is 1. The van der Waals surface area contributed by atoms with Crippen LogP contribution in [0.4, 0.5) is 0 Å². The lowest BCUT2D eigenvalue weighted by Gasteiger charge is -2.06. The number of hydrogen-bond acceptors (Lipinski definition) is 3. The summed E-state index contributed by atoms with van der Waals surface area (Å²) < 4.78 is 7.19. The summed E-state index contributed by atoms with van der Waals surface area (Å²) in [6, 6.07) is 11.6. The first-order valence-corrected chi connectivity index (χ1v) is 6.32. The normalized spacial score (nSPS) is 10.7. The minimum atomic E-state index is 0.453. The van der Waals surface area contributed by atoms with Crippen molar-refractivity contribution >= 4 is 11.8 Å². The van der Waals surface area contributed by atoms with E-state index in [0.29, 0.717) is 5.69 Å². The standard InChI is InChI=1S/C16H14N2O2/c1-11-9-12(6-7-15(11)20-2)16-17-13(10-19)14-5-3-4-8-18(14)16/h3-10H,1-2H3. The average molecular weight is 266 g/mol. The first kappa shape index (κ1) is 12.4. The maximum atomic E-state index is 11.1. The van der Waals surface area contributed by atoms with Crippen molar-refractivity contribution in [1.82, 2.24) is 9.38 Å². The molecule has 0 radical (unpaired) electrons. The SMILES string of the molecule is COc1ccc(-c2nc(C=O)c3ccccn23)cc1C. The van der Waals surface area contributed by atoms with Crippen molar-refractivity contribution in [2.45, 2.75) is 6.92 Å². The number of methoxy groups -OCH3 is 1. The van der Waals surface area contributed by atoms with Crippen LogP contribution < -0.4 is 4.74 Å². The third-order valence-electron chi connectivity index (χ3n) is 3.34. The summed E-state index contributed by atoms with van der Waals surface area (Å²) >= 11 is 0. The van der Waals surface area contributed by atoms with E-state index in [1.807, 2.05) is 53.9 Å². The van der Waals surface area contributed by atoms with Crippen molar-refractivity contribution in [2.75, 3.05) is 7.11 Å². The summed E-state index contributed by atoms with van der Waals surface area (Å²) in [6.07, 6.45) is 2.69. The summed E-state index contributed by atoms with van der Waals surface area (Å²) in [5.41, 5.74) is 3.25. The maximum absolute atomic E-state index is 11.1. The lowest BCUT2D eigenvalue weighted by molar-refractivity contribution is 0.112. The average Bonchev–Trinajstić information content (AvgIpc) is 2.86. The van der Waals surface area contributed by atoms with Gasteiger partial charge in [-0.3, -0.25) is 9.20 Å². The van der Waals surface area contributed by atoms with Crippen molar-refractivity contribution in [2.24, 2.45) is 0 Å². The molecule has 0 unspecified atom stereocenters. The highest BCUT2D eigenvalue weighted by atomic mass is 16.5. The molecule has 0 atom stereocenters. The highest BCUT2D eigenvalue weighted by Crippen LogP contribution is 2.27. The molecule has 1 aromatic carbocycles. The number of hydrogen-bond donors (Lipinski definition) is 0. The fourth-order valence-corrected chi connectivity index (χ4v) is 2.37. The van der Waals surface area contributed by atoms with Gasteiger partial charge in [-0.15, -0.1) is 0 Å². The third-order valence-corrected chi connectivity index (χ3v) is 3.34.